The molecule has 0 spiro atoms. The van der Waals surface area contributed by atoms with Crippen molar-refractivity contribution < 1.29 is 0 Å². The maximum Gasteiger partial charge on any atom is 0.155 e. The highest BCUT2D eigenvalue weighted by molar-refractivity contribution is 6.32. The average Bonchev–Trinajstić information content (AvgIpc) is 2.85. The van der Waals surface area contributed by atoms with Crippen LogP contribution >= 0.6 is 11.6 Å². The van der Waals surface area contributed by atoms with E-state index in [0.29, 0.717) is 11.1 Å². The van der Waals surface area contributed by atoms with Crippen molar-refractivity contribution in [2.45, 2.75) is 19.3 Å². The number of likely N-dealkylation sites (N-methyl/N-ethyl adjacent to an activating group) is 1. The van der Waals surface area contributed by atoms with E-state index in [1.807, 2.05) is 12.1 Å². The lowest BCUT2D eigenvalue weighted by molar-refractivity contribution is 0.409. The molecule has 17 heavy (non-hydrogen) atoms. The number of likely N-dealkylation sites (tertiary alicyclic amines) is 1. The molecule has 1 saturated heterocycles. The highest BCUT2D eigenvalue weighted by Crippen LogP contribution is 2.30. The zero-order valence-corrected chi connectivity index (χ0v) is 10.9. The van der Waals surface area contributed by atoms with E-state index in [4.69, 9.17) is 11.6 Å². The summed E-state index contributed by atoms with van der Waals surface area (Å²) in [6, 6.07) is 6.17. The molecule has 3 nitrogen and oxygen atoms in total. The Morgan fingerprint density at radius 1 is 1.41 bits per heavy atom. The molecule has 4 heteroatoms. The molecular formula is C13H16ClN3. The van der Waals surface area contributed by atoms with Gasteiger partial charge in [0.25, 0.3) is 0 Å². The summed E-state index contributed by atoms with van der Waals surface area (Å²) in [5, 5.41) is 0.623. The maximum absolute atomic E-state index is 6.22. The van der Waals surface area contributed by atoms with Crippen LogP contribution in [-0.4, -0.2) is 34.4 Å². The van der Waals surface area contributed by atoms with E-state index in [-0.39, 0.29) is 0 Å². The van der Waals surface area contributed by atoms with E-state index in [2.05, 4.69) is 34.3 Å². The van der Waals surface area contributed by atoms with Crippen molar-refractivity contribution in [2.24, 2.45) is 0 Å². The van der Waals surface area contributed by atoms with E-state index >= 15 is 0 Å². The molecule has 1 fully saturated rings. The van der Waals surface area contributed by atoms with Gasteiger partial charge in [-0.15, -0.1) is 0 Å². The SMILES string of the molecule is Cc1cccc2c(Cl)nc(C3CCN(C)C3)n12. The van der Waals surface area contributed by atoms with Crippen LogP contribution in [0.3, 0.4) is 0 Å². The van der Waals surface area contributed by atoms with Crippen LogP contribution in [0.1, 0.15) is 23.9 Å². The number of rotatable bonds is 1. The molecule has 0 saturated carbocycles. The summed E-state index contributed by atoms with van der Waals surface area (Å²) < 4.78 is 2.20. The van der Waals surface area contributed by atoms with E-state index < -0.39 is 0 Å². The summed E-state index contributed by atoms with van der Waals surface area (Å²) in [6.07, 6.45) is 1.17. The van der Waals surface area contributed by atoms with E-state index in [9.17, 15) is 0 Å². The molecule has 1 aliphatic rings. The third kappa shape index (κ3) is 1.74. The van der Waals surface area contributed by atoms with Gasteiger partial charge in [0.1, 0.15) is 5.82 Å². The van der Waals surface area contributed by atoms with Gasteiger partial charge in [-0.05, 0) is 39.1 Å². The van der Waals surface area contributed by atoms with Crippen LogP contribution < -0.4 is 0 Å². The van der Waals surface area contributed by atoms with Gasteiger partial charge in [-0.2, -0.15) is 0 Å². The molecule has 1 aliphatic heterocycles. The molecular weight excluding hydrogens is 234 g/mol. The van der Waals surface area contributed by atoms with Crippen molar-refractivity contribution in [1.29, 1.82) is 0 Å². The molecule has 0 bridgehead atoms. The zero-order chi connectivity index (χ0) is 12.0. The first kappa shape index (κ1) is 11.1. The van der Waals surface area contributed by atoms with Crippen LogP contribution in [0, 0.1) is 6.92 Å². The Labute approximate surface area is 106 Å². The Morgan fingerprint density at radius 3 is 2.94 bits per heavy atom. The van der Waals surface area contributed by atoms with Gasteiger partial charge in [0.15, 0.2) is 5.15 Å². The number of aromatic nitrogens is 2. The maximum atomic E-state index is 6.22. The number of hydrogen-bond donors (Lipinski definition) is 0. The van der Waals surface area contributed by atoms with E-state index in [1.165, 1.54) is 12.1 Å². The van der Waals surface area contributed by atoms with Gasteiger partial charge in [0, 0.05) is 18.2 Å². The third-order valence-corrected chi connectivity index (χ3v) is 3.87. The Bertz CT molecular complexity index is 561. The largest absolute Gasteiger partial charge is 0.306 e. The minimum Gasteiger partial charge on any atom is -0.306 e. The second-order valence-electron chi connectivity index (χ2n) is 4.90. The summed E-state index contributed by atoms with van der Waals surface area (Å²) in [5.74, 6) is 1.62. The second-order valence-corrected chi connectivity index (χ2v) is 5.25. The van der Waals surface area contributed by atoms with Crippen LogP contribution in [0.25, 0.3) is 5.52 Å². The lowest BCUT2D eigenvalue weighted by Gasteiger charge is -2.11. The van der Waals surface area contributed by atoms with Crippen LogP contribution in [0.15, 0.2) is 18.2 Å². The van der Waals surface area contributed by atoms with Gasteiger partial charge >= 0.3 is 0 Å². The van der Waals surface area contributed by atoms with E-state index in [0.717, 1.165) is 24.4 Å². The van der Waals surface area contributed by atoms with Gasteiger partial charge in [-0.25, -0.2) is 4.98 Å². The fourth-order valence-electron chi connectivity index (χ4n) is 2.71. The van der Waals surface area contributed by atoms with Crippen molar-refractivity contribution >= 4 is 17.1 Å². The summed E-state index contributed by atoms with van der Waals surface area (Å²) in [5.41, 5.74) is 2.22. The lowest BCUT2D eigenvalue weighted by atomic mass is 10.1. The number of aryl methyl sites for hydroxylation is 1. The molecule has 0 amide bonds. The first-order valence-corrected chi connectivity index (χ1v) is 6.36. The first-order chi connectivity index (χ1) is 8.16. The minimum atomic E-state index is 0.501. The van der Waals surface area contributed by atoms with Gasteiger partial charge in [-0.1, -0.05) is 17.7 Å². The van der Waals surface area contributed by atoms with Crippen LogP contribution in [0.4, 0.5) is 0 Å². The molecule has 1 unspecified atom stereocenters. The molecule has 90 valence electrons. The fourth-order valence-corrected chi connectivity index (χ4v) is 2.94. The molecule has 3 rings (SSSR count). The number of fused-ring (bicyclic) bond motifs is 1. The topological polar surface area (TPSA) is 20.5 Å². The first-order valence-electron chi connectivity index (χ1n) is 5.99. The molecule has 0 aromatic carbocycles. The van der Waals surface area contributed by atoms with Crippen molar-refractivity contribution in [3.05, 3.63) is 34.9 Å². The predicted molar refractivity (Wildman–Crippen MR) is 69.8 cm³/mol. The Morgan fingerprint density at radius 2 is 2.24 bits per heavy atom. The zero-order valence-electron chi connectivity index (χ0n) is 10.2. The summed E-state index contributed by atoms with van der Waals surface area (Å²) in [7, 11) is 2.16. The smallest absolute Gasteiger partial charge is 0.155 e. The molecule has 0 aliphatic carbocycles. The molecule has 1 atom stereocenters. The van der Waals surface area contributed by atoms with E-state index in [1.54, 1.807) is 0 Å². The van der Waals surface area contributed by atoms with Crippen molar-refractivity contribution in [3.63, 3.8) is 0 Å². The minimum absolute atomic E-state index is 0.501. The predicted octanol–water partition coefficient (Wildman–Crippen LogP) is 2.72. The highest BCUT2D eigenvalue weighted by Gasteiger charge is 2.26. The quantitative estimate of drug-likeness (QED) is 0.775. The molecule has 2 aromatic heterocycles. The highest BCUT2D eigenvalue weighted by atomic mass is 35.5. The monoisotopic (exact) mass is 249 g/mol. The summed E-state index contributed by atoms with van der Waals surface area (Å²) >= 11 is 6.22. The van der Waals surface area contributed by atoms with Crippen molar-refractivity contribution in [3.8, 4) is 0 Å². The fraction of sp³-hybridized carbons (Fsp3) is 0.462. The lowest BCUT2D eigenvalue weighted by Crippen LogP contribution is -2.14. The summed E-state index contributed by atoms with van der Waals surface area (Å²) in [6.45, 7) is 4.32. The van der Waals surface area contributed by atoms with Gasteiger partial charge in [0.05, 0.1) is 5.52 Å². The van der Waals surface area contributed by atoms with Gasteiger partial charge < -0.3 is 4.90 Å². The molecule has 0 radical (unpaired) electrons. The van der Waals surface area contributed by atoms with Gasteiger partial charge in [0.2, 0.25) is 0 Å². The number of pyridine rings is 1. The number of halogens is 1. The molecule has 2 aromatic rings. The molecule has 0 N–H and O–H groups in total. The number of nitrogens with zero attached hydrogens (tertiary/aromatic N) is 3. The summed E-state index contributed by atoms with van der Waals surface area (Å²) in [4.78, 5) is 6.91. The van der Waals surface area contributed by atoms with Crippen molar-refractivity contribution in [2.75, 3.05) is 20.1 Å². The van der Waals surface area contributed by atoms with Crippen molar-refractivity contribution in [1.82, 2.24) is 14.3 Å². The Balaban J connectivity index is 2.16. The second kappa shape index (κ2) is 4.00. The van der Waals surface area contributed by atoms with Gasteiger partial charge in [-0.3, -0.25) is 4.40 Å². The standard InChI is InChI=1S/C13H16ClN3/c1-9-4-3-5-11-12(14)15-13(17(9)11)10-6-7-16(2)8-10/h3-5,10H,6-8H2,1-2H3. The van der Waals surface area contributed by atoms with Crippen LogP contribution in [0.5, 0.6) is 0 Å². The van der Waals surface area contributed by atoms with Crippen LogP contribution in [-0.2, 0) is 0 Å². The van der Waals surface area contributed by atoms with Crippen LogP contribution in [0.2, 0.25) is 5.15 Å². The Kier molecular flexibility index (Phi) is 2.60. The number of imidazole rings is 1. The third-order valence-electron chi connectivity index (χ3n) is 3.59. The normalized spacial score (nSPS) is 21.5. The number of hydrogen-bond acceptors (Lipinski definition) is 2. The molecule has 3 heterocycles. The Hall–Kier alpha value is -1.06. The average molecular weight is 250 g/mol.